The van der Waals surface area contributed by atoms with Crippen molar-refractivity contribution in [3.05, 3.63) is 103 Å². The number of nitrogens with two attached hydrogens (primary N) is 1. The number of carbonyl (C=O) groups is 1. The SMILES string of the molecule is Cc1ccc(NC(=O)c2sccc2NCc2ccnc3ccccc23)cc1Nc1c(N)c(=O)c1=O. The summed E-state index contributed by atoms with van der Waals surface area (Å²) in [7, 11) is 0. The molecule has 5 N–H and O–H groups in total. The molecule has 0 aliphatic carbocycles. The van der Waals surface area contributed by atoms with Crippen LogP contribution in [0.4, 0.5) is 28.4 Å². The minimum atomic E-state index is -0.688. The second kappa shape index (κ2) is 9.03. The zero-order valence-corrected chi connectivity index (χ0v) is 19.5. The lowest BCUT2D eigenvalue weighted by Crippen LogP contribution is -2.36. The number of nitrogen functional groups attached to an aromatic ring is 1. The van der Waals surface area contributed by atoms with Gasteiger partial charge in [0.15, 0.2) is 0 Å². The molecule has 0 unspecified atom stereocenters. The van der Waals surface area contributed by atoms with E-state index in [0.29, 0.717) is 22.8 Å². The number of fused-ring (bicyclic) bond motifs is 1. The molecular formula is C26H21N5O3S. The van der Waals surface area contributed by atoms with Gasteiger partial charge in [-0.2, -0.15) is 0 Å². The van der Waals surface area contributed by atoms with Gasteiger partial charge in [-0.15, -0.1) is 11.3 Å². The molecule has 8 nitrogen and oxygen atoms in total. The number of hydrogen-bond acceptors (Lipinski definition) is 8. The molecule has 0 atom stereocenters. The number of rotatable bonds is 7. The van der Waals surface area contributed by atoms with Gasteiger partial charge in [-0.25, -0.2) is 0 Å². The van der Waals surface area contributed by atoms with E-state index in [1.165, 1.54) is 11.3 Å². The minimum absolute atomic E-state index is 0.0787. The molecule has 35 heavy (non-hydrogen) atoms. The fourth-order valence-electron chi connectivity index (χ4n) is 3.81. The van der Waals surface area contributed by atoms with E-state index in [2.05, 4.69) is 20.9 Å². The van der Waals surface area contributed by atoms with Crippen LogP contribution >= 0.6 is 11.3 Å². The maximum absolute atomic E-state index is 13.1. The molecule has 0 fully saturated rings. The maximum atomic E-state index is 13.1. The number of amides is 1. The van der Waals surface area contributed by atoms with Crippen molar-refractivity contribution in [2.75, 3.05) is 21.7 Å². The molecule has 2 heterocycles. The smallest absolute Gasteiger partial charge is 0.267 e. The van der Waals surface area contributed by atoms with Crippen LogP contribution < -0.4 is 32.5 Å². The second-order valence-corrected chi connectivity index (χ2v) is 8.98. The maximum Gasteiger partial charge on any atom is 0.267 e. The predicted octanol–water partition coefficient (Wildman–Crippen LogP) is 4.39. The van der Waals surface area contributed by atoms with Gasteiger partial charge >= 0.3 is 0 Å². The Hall–Kier alpha value is -4.50. The zero-order valence-electron chi connectivity index (χ0n) is 18.7. The lowest BCUT2D eigenvalue weighted by molar-refractivity contribution is 0.103. The molecular weight excluding hydrogens is 462 g/mol. The van der Waals surface area contributed by atoms with Crippen molar-refractivity contribution in [3.63, 3.8) is 0 Å². The van der Waals surface area contributed by atoms with Crippen LogP contribution in [0.5, 0.6) is 0 Å². The lowest BCUT2D eigenvalue weighted by atomic mass is 10.1. The van der Waals surface area contributed by atoms with E-state index in [0.717, 1.165) is 27.7 Å². The summed E-state index contributed by atoms with van der Waals surface area (Å²) in [5.41, 5.74) is 8.97. The highest BCUT2D eigenvalue weighted by Gasteiger charge is 2.19. The Morgan fingerprint density at radius 1 is 1.03 bits per heavy atom. The Morgan fingerprint density at radius 3 is 2.69 bits per heavy atom. The van der Waals surface area contributed by atoms with Gasteiger partial charge in [-0.1, -0.05) is 24.3 Å². The van der Waals surface area contributed by atoms with Crippen LogP contribution in [0.1, 0.15) is 20.8 Å². The highest BCUT2D eigenvalue weighted by molar-refractivity contribution is 7.12. The summed E-state index contributed by atoms with van der Waals surface area (Å²) in [6.45, 7) is 2.39. The number of thiophene rings is 1. The minimum Gasteiger partial charge on any atom is -0.394 e. The highest BCUT2D eigenvalue weighted by Crippen LogP contribution is 2.28. The molecule has 5 rings (SSSR count). The van der Waals surface area contributed by atoms with Gasteiger partial charge in [0, 0.05) is 29.5 Å². The van der Waals surface area contributed by atoms with Gasteiger partial charge in [-0.3, -0.25) is 19.4 Å². The number of aromatic nitrogens is 1. The van der Waals surface area contributed by atoms with Crippen molar-refractivity contribution >= 4 is 56.6 Å². The van der Waals surface area contributed by atoms with Crippen LogP contribution in [0.25, 0.3) is 10.9 Å². The third-order valence-corrected chi connectivity index (χ3v) is 6.70. The quantitative estimate of drug-likeness (QED) is 0.253. The van der Waals surface area contributed by atoms with Crippen LogP contribution in [0, 0.1) is 6.92 Å². The first kappa shape index (κ1) is 22.3. The molecule has 1 amide bonds. The Balaban J connectivity index is 1.31. The first-order valence-electron chi connectivity index (χ1n) is 10.8. The van der Waals surface area contributed by atoms with Crippen molar-refractivity contribution in [3.8, 4) is 0 Å². The van der Waals surface area contributed by atoms with E-state index in [-0.39, 0.29) is 17.3 Å². The Labute approximate surface area is 204 Å². The largest absolute Gasteiger partial charge is 0.394 e. The van der Waals surface area contributed by atoms with E-state index in [4.69, 9.17) is 5.73 Å². The van der Waals surface area contributed by atoms with Crippen LogP contribution in [-0.2, 0) is 6.54 Å². The van der Waals surface area contributed by atoms with Gasteiger partial charge in [0.1, 0.15) is 16.3 Å². The van der Waals surface area contributed by atoms with E-state index < -0.39 is 10.9 Å². The summed E-state index contributed by atoms with van der Waals surface area (Å²) in [5.74, 6) is -0.259. The highest BCUT2D eigenvalue weighted by atomic mass is 32.1. The third-order valence-electron chi connectivity index (χ3n) is 5.78. The van der Waals surface area contributed by atoms with Crippen molar-refractivity contribution in [1.29, 1.82) is 0 Å². The van der Waals surface area contributed by atoms with E-state index in [9.17, 15) is 14.4 Å². The number of carbonyl (C=O) groups excluding carboxylic acids is 1. The fraction of sp³-hybridized carbons (Fsp3) is 0.0769. The van der Waals surface area contributed by atoms with Crippen molar-refractivity contribution in [2.45, 2.75) is 13.5 Å². The summed E-state index contributed by atoms with van der Waals surface area (Å²) in [6, 6.07) is 17.0. The average Bonchev–Trinajstić information content (AvgIpc) is 3.36. The number of nitrogens with zero attached hydrogens (tertiary/aromatic N) is 1. The normalized spacial score (nSPS) is 11.0. The van der Waals surface area contributed by atoms with Gasteiger partial charge in [-0.05, 0) is 53.8 Å². The number of para-hydroxylation sites is 1. The number of nitrogens with one attached hydrogen (secondary N) is 3. The second-order valence-electron chi connectivity index (χ2n) is 8.06. The number of pyridine rings is 1. The van der Waals surface area contributed by atoms with Crippen molar-refractivity contribution in [2.24, 2.45) is 0 Å². The molecule has 0 saturated heterocycles. The first-order chi connectivity index (χ1) is 16.9. The zero-order chi connectivity index (χ0) is 24.5. The summed E-state index contributed by atoms with van der Waals surface area (Å²) in [5, 5.41) is 12.1. The summed E-state index contributed by atoms with van der Waals surface area (Å²) < 4.78 is 0. The fourth-order valence-corrected chi connectivity index (χ4v) is 4.58. The van der Waals surface area contributed by atoms with E-state index in [1.807, 2.05) is 54.8 Å². The molecule has 0 aliphatic heterocycles. The van der Waals surface area contributed by atoms with Crippen LogP contribution in [0.2, 0.25) is 0 Å². The Kier molecular flexibility index (Phi) is 5.76. The molecule has 5 aromatic rings. The number of aryl methyl sites for hydroxylation is 1. The molecule has 0 spiro atoms. The number of benzene rings is 2. The van der Waals surface area contributed by atoms with Crippen LogP contribution in [0.3, 0.4) is 0 Å². The van der Waals surface area contributed by atoms with Crippen LogP contribution in [-0.4, -0.2) is 10.9 Å². The molecule has 174 valence electrons. The molecule has 0 aliphatic rings. The van der Waals surface area contributed by atoms with Gasteiger partial charge < -0.3 is 21.7 Å². The van der Waals surface area contributed by atoms with Crippen LogP contribution in [0.15, 0.2) is 75.8 Å². The Morgan fingerprint density at radius 2 is 1.86 bits per heavy atom. The molecule has 2 aromatic heterocycles. The average molecular weight is 484 g/mol. The topological polar surface area (TPSA) is 126 Å². The van der Waals surface area contributed by atoms with E-state index >= 15 is 0 Å². The van der Waals surface area contributed by atoms with Crippen molar-refractivity contribution in [1.82, 2.24) is 4.98 Å². The molecule has 9 heteroatoms. The summed E-state index contributed by atoms with van der Waals surface area (Å²) >= 11 is 1.34. The molecule has 0 saturated carbocycles. The number of anilines is 5. The monoisotopic (exact) mass is 483 g/mol. The molecule has 0 radical (unpaired) electrons. The van der Waals surface area contributed by atoms with Gasteiger partial charge in [0.25, 0.3) is 16.8 Å². The first-order valence-corrected chi connectivity index (χ1v) is 11.7. The van der Waals surface area contributed by atoms with E-state index in [1.54, 1.807) is 18.3 Å². The lowest BCUT2D eigenvalue weighted by Gasteiger charge is -2.14. The third kappa shape index (κ3) is 4.24. The standard InChI is InChI=1S/C26H21N5O3S/c1-14-6-7-16(12-20(14)31-22-21(27)23(32)24(22)33)30-26(34)25-19(9-11-35-25)29-13-15-8-10-28-18-5-3-2-4-17(15)18/h2-12,29,31H,13,27H2,1H3,(H,30,34). The summed E-state index contributed by atoms with van der Waals surface area (Å²) in [6.07, 6.45) is 1.78. The summed E-state index contributed by atoms with van der Waals surface area (Å²) in [4.78, 5) is 41.1. The van der Waals surface area contributed by atoms with Gasteiger partial charge in [0.05, 0.1) is 11.2 Å². The van der Waals surface area contributed by atoms with Crippen molar-refractivity contribution < 1.29 is 4.79 Å². The van der Waals surface area contributed by atoms with Gasteiger partial charge in [0.2, 0.25) is 0 Å². The molecule has 0 bridgehead atoms. The molecule has 3 aromatic carbocycles. The number of hydrogen-bond donors (Lipinski definition) is 4. The Bertz CT molecular complexity index is 1640. The predicted molar refractivity (Wildman–Crippen MR) is 142 cm³/mol.